The third kappa shape index (κ3) is 6.48. The van der Waals surface area contributed by atoms with Crippen LogP contribution in [0, 0.1) is 24.0 Å². The van der Waals surface area contributed by atoms with Gasteiger partial charge in [0.15, 0.2) is 21.5 Å². The molecule has 0 bridgehead atoms. The number of rotatable bonds is 9. The first-order chi connectivity index (χ1) is 21.9. The molecule has 0 aliphatic carbocycles. The number of hydrogen-bond donors (Lipinski definition) is 0. The van der Waals surface area contributed by atoms with E-state index in [0.29, 0.717) is 47.6 Å². The number of hydrogen-bond acceptors (Lipinski definition) is 12. The van der Waals surface area contributed by atoms with E-state index in [2.05, 4.69) is 30.9 Å². The van der Waals surface area contributed by atoms with Crippen LogP contribution in [0.2, 0.25) is 0 Å². The number of esters is 1. The SMILES string of the molecule is CCOC(=O)C1=C(C)N=c2s/c(=C/c3ccc(Sc4nc(C)cc(C)n4)c([N+](=O)[O-])c3)c(=O)n2[C@@H]1c1cc(OC)c(OC)cc1Br. The van der Waals surface area contributed by atoms with Crippen LogP contribution >= 0.6 is 39.0 Å². The van der Waals surface area contributed by atoms with Gasteiger partial charge in [-0.1, -0.05) is 33.3 Å². The van der Waals surface area contributed by atoms with E-state index in [1.165, 1.54) is 24.9 Å². The number of carbonyl (C=O) groups is 1. The minimum absolute atomic E-state index is 0.128. The van der Waals surface area contributed by atoms with Crippen LogP contribution in [-0.2, 0) is 9.53 Å². The van der Waals surface area contributed by atoms with Crippen LogP contribution in [0.15, 0.2) is 72.0 Å². The predicted octanol–water partition coefficient (Wildman–Crippen LogP) is 5.04. The lowest BCUT2D eigenvalue weighted by molar-refractivity contribution is -0.387. The van der Waals surface area contributed by atoms with Crippen molar-refractivity contribution in [2.75, 3.05) is 20.8 Å². The summed E-state index contributed by atoms with van der Waals surface area (Å²) in [6.07, 6.45) is 1.57. The molecular weight excluding hydrogens is 698 g/mol. The van der Waals surface area contributed by atoms with Gasteiger partial charge in [-0.2, -0.15) is 0 Å². The Morgan fingerprint density at radius 1 is 1.11 bits per heavy atom. The summed E-state index contributed by atoms with van der Waals surface area (Å²) < 4.78 is 18.6. The van der Waals surface area contributed by atoms with Gasteiger partial charge in [0.2, 0.25) is 0 Å². The van der Waals surface area contributed by atoms with E-state index < -0.39 is 22.5 Å². The maximum atomic E-state index is 14.1. The van der Waals surface area contributed by atoms with Crippen LogP contribution in [0.5, 0.6) is 11.5 Å². The predicted molar refractivity (Wildman–Crippen MR) is 176 cm³/mol. The first-order valence-corrected chi connectivity index (χ1v) is 16.3. The first-order valence-electron chi connectivity index (χ1n) is 13.8. The Bertz CT molecular complexity index is 2090. The van der Waals surface area contributed by atoms with Crippen molar-refractivity contribution in [2.24, 2.45) is 4.99 Å². The van der Waals surface area contributed by atoms with Crippen molar-refractivity contribution in [2.45, 2.75) is 43.8 Å². The minimum Gasteiger partial charge on any atom is -0.493 e. The molecule has 1 aliphatic heterocycles. The number of nitro groups is 1. The Kier molecular flexibility index (Phi) is 9.74. The Morgan fingerprint density at radius 3 is 2.41 bits per heavy atom. The molecule has 0 spiro atoms. The quantitative estimate of drug-likeness (QED) is 0.0994. The van der Waals surface area contributed by atoms with Gasteiger partial charge in [0.05, 0.1) is 52.5 Å². The third-order valence-electron chi connectivity index (χ3n) is 6.95. The van der Waals surface area contributed by atoms with E-state index in [1.807, 2.05) is 19.9 Å². The van der Waals surface area contributed by atoms with Crippen molar-refractivity contribution < 1.29 is 23.9 Å². The van der Waals surface area contributed by atoms with Gasteiger partial charge in [0, 0.05) is 21.9 Å². The highest BCUT2D eigenvalue weighted by atomic mass is 79.9. The summed E-state index contributed by atoms with van der Waals surface area (Å²) in [5, 5.41) is 12.5. The average molecular weight is 727 g/mol. The fraction of sp³-hybridized carbons (Fsp3) is 0.258. The number of ether oxygens (including phenoxy) is 3. The summed E-state index contributed by atoms with van der Waals surface area (Å²) >= 11 is 5.79. The molecule has 5 rings (SSSR count). The second kappa shape index (κ2) is 13.6. The second-order valence-electron chi connectivity index (χ2n) is 10.1. The molecule has 0 radical (unpaired) electrons. The molecule has 1 aliphatic rings. The summed E-state index contributed by atoms with van der Waals surface area (Å²) in [5.74, 6) is 0.245. The standard InChI is InChI=1S/C31H28BrN5O7S2/c1-7-44-29(39)26-17(4)35-31-36(27(26)19-13-22(42-5)23(43-6)14-20(19)32)28(38)25(46-31)12-18-8-9-24(21(11-18)37(40)41)45-30-33-15(2)10-16(3)34-30/h8-14,27H,7H2,1-6H3/b25-12+/t27-/m1/s1. The number of fused-ring (bicyclic) bond motifs is 1. The molecule has 0 N–H and O–H groups in total. The lowest BCUT2D eigenvalue weighted by atomic mass is 9.95. The molecular formula is C31H28BrN5O7S2. The molecule has 3 heterocycles. The molecule has 2 aromatic heterocycles. The Morgan fingerprint density at radius 2 is 1.78 bits per heavy atom. The molecule has 0 amide bonds. The van der Waals surface area contributed by atoms with Gasteiger partial charge in [0.1, 0.15) is 0 Å². The zero-order valence-electron chi connectivity index (χ0n) is 25.6. The monoisotopic (exact) mass is 725 g/mol. The van der Waals surface area contributed by atoms with Crippen LogP contribution in [-0.4, -0.2) is 46.3 Å². The first kappa shape index (κ1) is 33.0. The van der Waals surface area contributed by atoms with E-state index >= 15 is 0 Å². The Hall–Kier alpha value is -4.34. The number of aryl methyl sites for hydroxylation is 2. The highest BCUT2D eigenvalue weighted by Crippen LogP contribution is 2.41. The number of benzene rings is 2. The molecule has 0 saturated heterocycles. The van der Waals surface area contributed by atoms with Crippen molar-refractivity contribution in [3.63, 3.8) is 0 Å². The van der Waals surface area contributed by atoms with Crippen LogP contribution in [0.1, 0.15) is 42.4 Å². The Balaban J connectivity index is 1.66. The van der Waals surface area contributed by atoms with Crippen molar-refractivity contribution in [3.8, 4) is 11.5 Å². The van der Waals surface area contributed by atoms with Crippen LogP contribution in [0.25, 0.3) is 6.08 Å². The van der Waals surface area contributed by atoms with Crippen LogP contribution in [0.3, 0.4) is 0 Å². The maximum Gasteiger partial charge on any atom is 0.338 e. The number of methoxy groups -OCH3 is 2. The lowest BCUT2D eigenvalue weighted by Crippen LogP contribution is -2.40. The molecule has 4 aromatic rings. The molecule has 12 nitrogen and oxygen atoms in total. The van der Waals surface area contributed by atoms with Gasteiger partial charge >= 0.3 is 5.97 Å². The molecule has 0 unspecified atom stereocenters. The molecule has 15 heteroatoms. The van der Waals surface area contributed by atoms with Gasteiger partial charge in [-0.05, 0) is 80.9 Å². The number of carbonyl (C=O) groups excluding carboxylic acids is 1. The van der Waals surface area contributed by atoms with Crippen LogP contribution in [0.4, 0.5) is 5.69 Å². The molecule has 0 fully saturated rings. The summed E-state index contributed by atoms with van der Waals surface area (Å²) in [5.41, 5.74) is 2.49. The topological polar surface area (TPSA) is 148 Å². The van der Waals surface area contributed by atoms with E-state index in [1.54, 1.807) is 44.2 Å². The number of allylic oxidation sites excluding steroid dienone is 1. The zero-order valence-corrected chi connectivity index (χ0v) is 28.8. The van der Waals surface area contributed by atoms with E-state index in [9.17, 15) is 19.7 Å². The summed E-state index contributed by atoms with van der Waals surface area (Å²) in [4.78, 5) is 53.1. The smallest absolute Gasteiger partial charge is 0.338 e. The lowest BCUT2D eigenvalue weighted by Gasteiger charge is -2.26. The van der Waals surface area contributed by atoms with Crippen LogP contribution < -0.4 is 24.4 Å². The van der Waals surface area contributed by atoms with E-state index in [4.69, 9.17) is 14.2 Å². The van der Waals surface area contributed by atoms with Crippen molar-refractivity contribution in [3.05, 3.63) is 104 Å². The van der Waals surface area contributed by atoms with Gasteiger partial charge in [0.25, 0.3) is 11.2 Å². The fourth-order valence-corrected chi connectivity index (χ4v) is 7.54. The van der Waals surface area contributed by atoms with Gasteiger partial charge < -0.3 is 14.2 Å². The maximum absolute atomic E-state index is 14.1. The third-order valence-corrected chi connectivity index (χ3v) is 9.55. The normalized spacial score (nSPS) is 14.5. The molecule has 238 valence electrons. The van der Waals surface area contributed by atoms with Crippen molar-refractivity contribution >= 4 is 56.8 Å². The summed E-state index contributed by atoms with van der Waals surface area (Å²) in [7, 11) is 3.00. The number of aromatic nitrogens is 3. The molecule has 1 atom stereocenters. The molecule has 0 saturated carbocycles. The minimum atomic E-state index is -0.919. The van der Waals surface area contributed by atoms with Gasteiger partial charge in [-0.15, -0.1) is 0 Å². The highest BCUT2D eigenvalue weighted by molar-refractivity contribution is 9.10. The van der Waals surface area contributed by atoms with E-state index in [-0.39, 0.29) is 22.4 Å². The number of nitro benzene ring substituents is 1. The number of halogens is 1. The largest absolute Gasteiger partial charge is 0.493 e. The van der Waals surface area contributed by atoms with Crippen molar-refractivity contribution in [1.82, 2.24) is 14.5 Å². The second-order valence-corrected chi connectivity index (χ2v) is 12.9. The van der Waals surface area contributed by atoms with E-state index in [0.717, 1.165) is 34.5 Å². The van der Waals surface area contributed by atoms with Gasteiger partial charge in [-0.3, -0.25) is 19.5 Å². The van der Waals surface area contributed by atoms with Crippen molar-refractivity contribution in [1.29, 1.82) is 0 Å². The van der Waals surface area contributed by atoms with Gasteiger partial charge in [-0.25, -0.2) is 19.8 Å². The number of nitrogens with zero attached hydrogens (tertiary/aromatic N) is 5. The molecule has 46 heavy (non-hydrogen) atoms. The Labute approximate surface area is 279 Å². The number of thiazole rings is 1. The highest BCUT2D eigenvalue weighted by Gasteiger charge is 2.35. The average Bonchev–Trinajstić information content (AvgIpc) is 3.30. The summed E-state index contributed by atoms with van der Waals surface area (Å²) in [6, 6.07) is 9.00. The molecule has 2 aromatic carbocycles. The fourth-order valence-electron chi connectivity index (χ4n) is 5.01. The zero-order chi connectivity index (χ0) is 33.3. The summed E-state index contributed by atoms with van der Waals surface area (Å²) in [6.45, 7) is 7.17.